The van der Waals surface area contributed by atoms with Crippen LogP contribution in [0.5, 0.6) is 0 Å². The van der Waals surface area contributed by atoms with E-state index in [4.69, 9.17) is 5.11 Å². The van der Waals surface area contributed by atoms with E-state index in [2.05, 4.69) is 4.98 Å². The largest absolute Gasteiger partial charge is 0.465 e. The predicted molar refractivity (Wildman–Crippen MR) is 74.4 cm³/mol. The second-order valence-electron chi connectivity index (χ2n) is 5.48. The smallest absolute Gasteiger partial charge is 0.407 e. The number of aromatic nitrogens is 1. The molecule has 1 saturated heterocycles. The Kier molecular flexibility index (Phi) is 3.12. The van der Waals surface area contributed by atoms with Crippen molar-refractivity contribution in [2.24, 2.45) is 0 Å². The summed E-state index contributed by atoms with van der Waals surface area (Å²) in [6, 6.07) is 4.77. The zero-order valence-corrected chi connectivity index (χ0v) is 11.3. The van der Waals surface area contributed by atoms with Gasteiger partial charge in [-0.2, -0.15) is 0 Å². The third kappa shape index (κ3) is 2.13. The zero-order valence-electron chi connectivity index (χ0n) is 11.3. The Morgan fingerprint density at radius 1 is 1.50 bits per heavy atom. The van der Waals surface area contributed by atoms with Gasteiger partial charge >= 0.3 is 6.09 Å². The molecule has 0 aliphatic carbocycles. The summed E-state index contributed by atoms with van der Waals surface area (Å²) in [6.45, 7) is 2.49. The van der Waals surface area contributed by atoms with Crippen molar-refractivity contribution >= 4 is 17.0 Å². The van der Waals surface area contributed by atoms with E-state index in [0.29, 0.717) is 12.5 Å². The number of aromatic amines is 1. The molecule has 0 spiro atoms. The molecule has 4 nitrogen and oxygen atoms in total. The zero-order chi connectivity index (χ0) is 14.3. The summed E-state index contributed by atoms with van der Waals surface area (Å²) >= 11 is 0. The minimum atomic E-state index is -0.850. The van der Waals surface area contributed by atoms with Crippen LogP contribution in [0.25, 0.3) is 10.9 Å². The topological polar surface area (TPSA) is 56.3 Å². The van der Waals surface area contributed by atoms with Gasteiger partial charge in [0.15, 0.2) is 0 Å². The lowest BCUT2D eigenvalue weighted by atomic mass is 9.86. The predicted octanol–water partition coefficient (Wildman–Crippen LogP) is 3.55. The highest BCUT2D eigenvalue weighted by molar-refractivity contribution is 5.83. The molecule has 0 bridgehead atoms. The molecule has 20 heavy (non-hydrogen) atoms. The molecule has 2 aromatic rings. The molecule has 106 valence electrons. The fraction of sp³-hybridized carbons (Fsp3) is 0.400. The molecule has 2 heterocycles. The van der Waals surface area contributed by atoms with Crippen molar-refractivity contribution in [3.63, 3.8) is 0 Å². The lowest BCUT2D eigenvalue weighted by Crippen LogP contribution is -2.43. The average Bonchev–Trinajstić information content (AvgIpc) is 2.80. The van der Waals surface area contributed by atoms with Crippen LogP contribution < -0.4 is 0 Å². The molecule has 1 amide bonds. The fourth-order valence-corrected chi connectivity index (χ4v) is 3.20. The molecule has 0 radical (unpaired) electrons. The number of rotatable bonds is 1. The summed E-state index contributed by atoms with van der Waals surface area (Å²) in [4.78, 5) is 15.7. The number of halogens is 1. The van der Waals surface area contributed by atoms with Crippen LogP contribution in [0.2, 0.25) is 0 Å². The Labute approximate surface area is 116 Å². The van der Waals surface area contributed by atoms with Crippen LogP contribution in [0.4, 0.5) is 9.18 Å². The number of amides is 1. The van der Waals surface area contributed by atoms with Crippen molar-refractivity contribution in [2.45, 2.75) is 31.7 Å². The van der Waals surface area contributed by atoms with Crippen molar-refractivity contribution in [3.05, 3.63) is 35.8 Å². The molecule has 0 saturated carbocycles. The summed E-state index contributed by atoms with van der Waals surface area (Å²) in [5.41, 5.74) is 1.96. The van der Waals surface area contributed by atoms with Gasteiger partial charge in [0.1, 0.15) is 5.82 Å². The van der Waals surface area contributed by atoms with Gasteiger partial charge in [-0.05, 0) is 49.4 Å². The van der Waals surface area contributed by atoms with Gasteiger partial charge in [0.05, 0.1) is 0 Å². The standard InChI is InChI=1S/C15H17FN2O2/c1-9-6-10(4-5-18(9)15(19)20)13-8-17-14-7-11(16)2-3-12(13)14/h2-3,7-10,17H,4-6H2,1H3,(H,19,20)/t9-,10+/m0/s1. The van der Waals surface area contributed by atoms with Crippen LogP contribution in [0.1, 0.15) is 31.2 Å². The number of likely N-dealkylation sites (tertiary alicyclic amines) is 1. The van der Waals surface area contributed by atoms with Crippen molar-refractivity contribution in [1.29, 1.82) is 0 Å². The van der Waals surface area contributed by atoms with Crippen LogP contribution in [0, 0.1) is 5.82 Å². The first-order valence-electron chi connectivity index (χ1n) is 6.82. The second kappa shape index (κ2) is 4.81. The Balaban J connectivity index is 1.88. The average molecular weight is 276 g/mol. The van der Waals surface area contributed by atoms with E-state index in [9.17, 15) is 9.18 Å². The molecule has 1 aliphatic rings. The Bertz CT molecular complexity index is 652. The fourth-order valence-electron chi connectivity index (χ4n) is 3.20. The van der Waals surface area contributed by atoms with Gasteiger partial charge in [-0.1, -0.05) is 0 Å². The maximum Gasteiger partial charge on any atom is 0.407 e. The molecule has 0 unspecified atom stereocenters. The SMILES string of the molecule is C[C@H]1C[C@H](c2c[nH]c3cc(F)ccc23)CCN1C(=O)O. The number of nitrogens with zero attached hydrogens (tertiary/aromatic N) is 1. The van der Waals surface area contributed by atoms with E-state index < -0.39 is 6.09 Å². The molecular weight excluding hydrogens is 259 g/mol. The van der Waals surface area contributed by atoms with Crippen LogP contribution >= 0.6 is 0 Å². The van der Waals surface area contributed by atoms with Crippen molar-refractivity contribution < 1.29 is 14.3 Å². The Hall–Kier alpha value is -2.04. The number of hydrogen-bond acceptors (Lipinski definition) is 1. The van der Waals surface area contributed by atoms with Gasteiger partial charge in [-0.3, -0.25) is 0 Å². The number of carboxylic acid groups (broad SMARTS) is 1. The molecule has 2 N–H and O–H groups in total. The van der Waals surface area contributed by atoms with E-state index in [-0.39, 0.29) is 11.9 Å². The van der Waals surface area contributed by atoms with Crippen LogP contribution in [-0.2, 0) is 0 Å². The van der Waals surface area contributed by atoms with Gasteiger partial charge in [0, 0.05) is 29.7 Å². The summed E-state index contributed by atoms with van der Waals surface area (Å²) < 4.78 is 13.2. The molecule has 3 rings (SSSR count). The first-order chi connectivity index (χ1) is 9.56. The third-order valence-corrected chi connectivity index (χ3v) is 4.24. The van der Waals surface area contributed by atoms with Gasteiger partial charge in [0.2, 0.25) is 0 Å². The second-order valence-corrected chi connectivity index (χ2v) is 5.48. The molecule has 1 aliphatic heterocycles. The highest BCUT2D eigenvalue weighted by atomic mass is 19.1. The van der Waals surface area contributed by atoms with Gasteiger partial charge in [0.25, 0.3) is 0 Å². The number of hydrogen-bond donors (Lipinski definition) is 2. The number of nitrogens with one attached hydrogen (secondary N) is 1. The van der Waals surface area contributed by atoms with Gasteiger partial charge < -0.3 is 15.0 Å². The molecular formula is C15H17FN2O2. The number of carbonyl (C=O) groups is 1. The third-order valence-electron chi connectivity index (χ3n) is 4.24. The molecule has 1 aromatic carbocycles. The number of fused-ring (bicyclic) bond motifs is 1. The molecule has 1 aromatic heterocycles. The van der Waals surface area contributed by atoms with E-state index in [1.54, 1.807) is 6.07 Å². The lowest BCUT2D eigenvalue weighted by molar-refractivity contribution is 0.107. The maximum absolute atomic E-state index is 13.2. The van der Waals surface area contributed by atoms with E-state index >= 15 is 0 Å². The monoisotopic (exact) mass is 276 g/mol. The summed E-state index contributed by atoms with van der Waals surface area (Å²) in [5, 5.41) is 10.1. The summed E-state index contributed by atoms with van der Waals surface area (Å²) in [7, 11) is 0. The molecule has 1 fully saturated rings. The first kappa shape index (κ1) is 13.0. The van der Waals surface area contributed by atoms with E-state index in [0.717, 1.165) is 29.3 Å². The summed E-state index contributed by atoms with van der Waals surface area (Å²) in [6.07, 6.45) is 2.69. The maximum atomic E-state index is 13.2. The van der Waals surface area contributed by atoms with Crippen molar-refractivity contribution in [3.8, 4) is 0 Å². The minimum Gasteiger partial charge on any atom is -0.465 e. The minimum absolute atomic E-state index is 0.0108. The van der Waals surface area contributed by atoms with Crippen molar-refractivity contribution in [1.82, 2.24) is 9.88 Å². The van der Waals surface area contributed by atoms with Crippen molar-refractivity contribution in [2.75, 3.05) is 6.54 Å². The van der Waals surface area contributed by atoms with Crippen LogP contribution in [0.3, 0.4) is 0 Å². The van der Waals surface area contributed by atoms with Gasteiger partial charge in [-0.25, -0.2) is 9.18 Å². The highest BCUT2D eigenvalue weighted by Crippen LogP contribution is 2.35. The number of benzene rings is 1. The normalized spacial score (nSPS) is 23.2. The molecule has 2 atom stereocenters. The quantitative estimate of drug-likeness (QED) is 0.836. The van der Waals surface area contributed by atoms with Gasteiger partial charge in [-0.15, -0.1) is 0 Å². The Morgan fingerprint density at radius 3 is 3.00 bits per heavy atom. The first-order valence-corrected chi connectivity index (χ1v) is 6.82. The Morgan fingerprint density at radius 2 is 2.30 bits per heavy atom. The highest BCUT2D eigenvalue weighted by Gasteiger charge is 2.30. The number of H-pyrrole nitrogens is 1. The van der Waals surface area contributed by atoms with E-state index in [1.807, 2.05) is 13.1 Å². The molecule has 5 heteroatoms. The number of piperidine rings is 1. The van der Waals surface area contributed by atoms with E-state index in [1.165, 1.54) is 17.0 Å². The lowest BCUT2D eigenvalue weighted by Gasteiger charge is -2.35. The van der Waals surface area contributed by atoms with Crippen LogP contribution in [0.15, 0.2) is 24.4 Å². The summed E-state index contributed by atoms with van der Waals surface area (Å²) in [5.74, 6) is 0.0692. The van der Waals surface area contributed by atoms with Crippen LogP contribution in [-0.4, -0.2) is 33.7 Å².